The first-order valence-corrected chi connectivity index (χ1v) is 8.57. The molecule has 5 heteroatoms. The van der Waals surface area contributed by atoms with Gasteiger partial charge < -0.3 is 0 Å². The number of halogens is 5. The quantitative estimate of drug-likeness (QED) is 0.569. The number of alkyl halides is 2. The summed E-state index contributed by atoms with van der Waals surface area (Å²) in [4.78, 5) is 0. The van der Waals surface area contributed by atoms with Crippen LogP contribution >= 0.6 is 31.9 Å². The van der Waals surface area contributed by atoms with E-state index in [4.69, 9.17) is 0 Å². The van der Waals surface area contributed by atoms with Crippen LogP contribution in [0, 0.1) is 17.5 Å². The molecule has 2 aromatic rings. The molecular weight excluding hydrogens is 409 g/mol. The number of rotatable bonds is 5. The smallest absolute Gasteiger partial charge is 0.129 e. The second kappa shape index (κ2) is 6.97. The highest BCUT2D eigenvalue weighted by Crippen LogP contribution is 2.34. The lowest BCUT2D eigenvalue weighted by atomic mass is 9.79. The van der Waals surface area contributed by atoms with Gasteiger partial charge in [-0.2, -0.15) is 0 Å². The lowest BCUT2D eigenvalue weighted by molar-refractivity contribution is 0.511. The van der Waals surface area contributed by atoms with Crippen molar-refractivity contribution in [3.05, 3.63) is 71.0 Å². The third-order valence-electron chi connectivity index (χ3n) is 3.49. The summed E-state index contributed by atoms with van der Waals surface area (Å²) in [7, 11) is 0. The molecule has 0 bridgehead atoms. The lowest BCUT2D eigenvalue weighted by Crippen LogP contribution is -2.33. The highest BCUT2D eigenvalue weighted by atomic mass is 79.9. The van der Waals surface area contributed by atoms with E-state index in [1.54, 1.807) is 6.07 Å². The molecule has 0 fully saturated rings. The SMILES string of the molecule is Fc1cccc(C(CBr)(CBr)Cc2ccc(F)cc2F)c1. The van der Waals surface area contributed by atoms with Gasteiger partial charge in [0.25, 0.3) is 0 Å². The molecule has 0 radical (unpaired) electrons. The fourth-order valence-electron chi connectivity index (χ4n) is 2.23. The summed E-state index contributed by atoms with van der Waals surface area (Å²) < 4.78 is 40.4. The predicted octanol–water partition coefficient (Wildman–Crippen LogP) is 5.37. The van der Waals surface area contributed by atoms with Gasteiger partial charge in [0.05, 0.1) is 0 Å². The van der Waals surface area contributed by atoms with Crippen LogP contribution in [-0.4, -0.2) is 10.7 Å². The van der Waals surface area contributed by atoms with E-state index in [2.05, 4.69) is 31.9 Å². The van der Waals surface area contributed by atoms with E-state index < -0.39 is 17.0 Å². The van der Waals surface area contributed by atoms with Gasteiger partial charge in [0.2, 0.25) is 0 Å². The average Bonchev–Trinajstić information content (AvgIpc) is 2.47. The summed E-state index contributed by atoms with van der Waals surface area (Å²) in [5, 5.41) is 1.04. The molecule has 0 spiro atoms. The molecule has 0 aliphatic heterocycles. The van der Waals surface area contributed by atoms with E-state index in [1.165, 1.54) is 24.3 Å². The second-order valence-electron chi connectivity index (χ2n) is 4.97. The number of benzene rings is 2. The summed E-state index contributed by atoms with van der Waals surface area (Å²) in [6.45, 7) is 0. The van der Waals surface area contributed by atoms with Crippen molar-refractivity contribution in [2.75, 3.05) is 10.7 Å². The maximum atomic E-state index is 13.9. The minimum Gasteiger partial charge on any atom is -0.207 e. The van der Waals surface area contributed by atoms with Gasteiger partial charge in [-0.25, -0.2) is 13.2 Å². The molecule has 0 unspecified atom stereocenters. The van der Waals surface area contributed by atoms with Gasteiger partial charge in [-0.3, -0.25) is 0 Å². The molecule has 0 aliphatic rings. The topological polar surface area (TPSA) is 0 Å². The molecule has 0 N–H and O–H groups in total. The predicted molar refractivity (Wildman–Crippen MR) is 85.7 cm³/mol. The van der Waals surface area contributed by atoms with Crippen molar-refractivity contribution in [2.24, 2.45) is 0 Å². The minimum atomic E-state index is -0.606. The molecule has 0 saturated heterocycles. The zero-order chi connectivity index (χ0) is 15.5. The fourth-order valence-corrected chi connectivity index (χ4v) is 4.21. The lowest BCUT2D eigenvalue weighted by Gasteiger charge is -2.31. The van der Waals surface area contributed by atoms with Crippen LogP contribution in [0.15, 0.2) is 42.5 Å². The van der Waals surface area contributed by atoms with E-state index in [0.29, 0.717) is 22.6 Å². The van der Waals surface area contributed by atoms with Crippen LogP contribution < -0.4 is 0 Å². The fraction of sp³-hybridized carbons (Fsp3) is 0.250. The first-order valence-electron chi connectivity index (χ1n) is 6.33. The summed E-state index contributed by atoms with van der Waals surface area (Å²) in [5.74, 6) is -1.53. The summed E-state index contributed by atoms with van der Waals surface area (Å²) in [6.07, 6.45) is 0.332. The Labute approximate surface area is 138 Å². The van der Waals surface area contributed by atoms with Gasteiger partial charge in [0.1, 0.15) is 17.5 Å². The van der Waals surface area contributed by atoms with Crippen molar-refractivity contribution >= 4 is 31.9 Å². The van der Waals surface area contributed by atoms with Crippen molar-refractivity contribution in [1.82, 2.24) is 0 Å². The Balaban J connectivity index is 2.43. The molecular formula is C16H13Br2F3. The van der Waals surface area contributed by atoms with Crippen LogP contribution in [-0.2, 0) is 11.8 Å². The van der Waals surface area contributed by atoms with E-state index in [9.17, 15) is 13.2 Å². The van der Waals surface area contributed by atoms with Crippen molar-refractivity contribution in [3.63, 3.8) is 0 Å². The molecule has 21 heavy (non-hydrogen) atoms. The van der Waals surface area contributed by atoms with Crippen LogP contribution in [0.25, 0.3) is 0 Å². The third kappa shape index (κ3) is 3.69. The summed E-state index contributed by atoms with van der Waals surface area (Å²) >= 11 is 6.88. The van der Waals surface area contributed by atoms with Gasteiger partial charge in [-0.15, -0.1) is 0 Å². The van der Waals surface area contributed by atoms with E-state index >= 15 is 0 Å². The molecule has 0 aliphatic carbocycles. The van der Waals surface area contributed by atoms with Crippen molar-refractivity contribution in [1.29, 1.82) is 0 Å². The zero-order valence-electron chi connectivity index (χ0n) is 11.1. The van der Waals surface area contributed by atoms with Crippen molar-refractivity contribution in [2.45, 2.75) is 11.8 Å². The van der Waals surface area contributed by atoms with Crippen molar-refractivity contribution in [3.8, 4) is 0 Å². The Kier molecular flexibility index (Phi) is 5.49. The number of hydrogen-bond acceptors (Lipinski definition) is 0. The van der Waals surface area contributed by atoms with Crippen LogP contribution in [0.1, 0.15) is 11.1 Å². The van der Waals surface area contributed by atoms with Gasteiger partial charge in [-0.1, -0.05) is 50.1 Å². The van der Waals surface area contributed by atoms with Crippen molar-refractivity contribution < 1.29 is 13.2 Å². The molecule has 0 nitrogen and oxygen atoms in total. The van der Waals surface area contributed by atoms with Gasteiger partial charge in [0.15, 0.2) is 0 Å². The first-order chi connectivity index (χ1) is 10.0. The summed E-state index contributed by atoms with van der Waals surface area (Å²) in [5.41, 5.74) is 0.653. The molecule has 2 aromatic carbocycles. The second-order valence-corrected chi connectivity index (χ2v) is 6.09. The van der Waals surface area contributed by atoms with E-state index in [0.717, 1.165) is 11.6 Å². The Hall–Kier alpha value is -0.810. The Bertz CT molecular complexity index is 625. The molecule has 112 valence electrons. The number of hydrogen-bond donors (Lipinski definition) is 0. The molecule has 0 amide bonds. The Morgan fingerprint density at radius 2 is 1.52 bits per heavy atom. The molecule has 2 rings (SSSR count). The maximum absolute atomic E-state index is 13.9. The molecule has 0 heterocycles. The minimum absolute atomic E-state index is 0.332. The van der Waals surface area contributed by atoms with Crippen LogP contribution in [0.4, 0.5) is 13.2 Å². The highest BCUT2D eigenvalue weighted by Gasteiger charge is 2.31. The first kappa shape index (κ1) is 16.6. The molecule has 0 saturated carbocycles. The van der Waals surface area contributed by atoms with E-state index in [1.807, 2.05) is 6.07 Å². The Morgan fingerprint density at radius 1 is 0.857 bits per heavy atom. The molecule has 0 atom stereocenters. The third-order valence-corrected chi connectivity index (χ3v) is 5.64. The monoisotopic (exact) mass is 420 g/mol. The van der Waals surface area contributed by atoms with Gasteiger partial charge in [0, 0.05) is 22.1 Å². The van der Waals surface area contributed by atoms with Gasteiger partial charge >= 0.3 is 0 Å². The standard InChI is InChI=1S/C16H13Br2F3/c17-9-16(10-18,12-2-1-3-13(19)6-12)8-11-4-5-14(20)7-15(11)21/h1-7H,8-10H2. The highest BCUT2D eigenvalue weighted by molar-refractivity contribution is 9.09. The zero-order valence-corrected chi connectivity index (χ0v) is 14.2. The van der Waals surface area contributed by atoms with Crippen LogP contribution in [0.2, 0.25) is 0 Å². The van der Waals surface area contributed by atoms with E-state index in [-0.39, 0.29) is 5.82 Å². The summed E-state index contributed by atoms with van der Waals surface area (Å²) in [6, 6.07) is 9.80. The maximum Gasteiger partial charge on any atom is 0.129 e. The molecule has 0 aromatic heterocycles. The van der Waals surface area contributed by atoms with Gasteiger partial charge in [-0.05, 0) is 35.7 Å². The largest absolute Gasteiger partial charge is 0.207 e. The Morgan fingerprint density at radius 3 is 2.10 bits per heavy atom. The van der Waals surface area contributed by atoms with Crippen LogP contribution in [0.5, 0.6) is 0 Å². The average molecular weight is 422 g/mol. The van der Waals surface area contributed by atoms with Crippen LogP contribution in [0.3, 0.4) is 0 Å². The normalized spacial score (nSPS) is 11.7.